The number of sulfonamides is 1. The molecule has 0 bridgehead atoms. The Morgan fingerprint density at radius 1 is 1.09 bits per heavy atom. The fourth-order valence-corrected chi connectivity index (χ4v) is 4.46. The summed E-state index contributed by atoms with van der Waals surface area (Å²) in [4.78, 5) is 27.8. The molecule has 0 spiro atoms. The molecule has 1 N–H and O–H groups in total. The van der Waals surface area contributed by atoms with Crippen LogP contribution >= 0.6 is 11.6 Å². The van der Waals surface area contributed by atoms with Crippen molar-refractivity contribution in [1.29, 1.82) is 0 Å². The molecule has 0 saturated heterocycles. The van der Waals surface area contributed by atoms with Crippen LogP contribution in [-0.4, -0.2) is 56.3 Å². The van der Waals surface area contributed by atoms with Crippen molar-refractivity contribution < 1.29 is 27.5 Å². The zero-order valence-electron chi connectivity index (χ0n) is 20.4. The first kappa shape index (κ1) is 26.6. The molecule has 2 aromatic carbocycles. The summed E-state index contributed by atoms with van der Waals surface area (Å²) in [5.41, 5.74) is 0.487. The number of amides is 2. The molecule has 11 heteroatoms. The van der Waals surface area contributed by atoms with Crippen LogP contribution < -0.4 is 19.1 Å². The number of fused-ring (bicyclic) bond motifs is 1. The average molecular weight is 524 g/mol. The Morgan fingerprint density at radius 2 is 1.71 bits per heavy atom. The maximum absolute atomic E-state index is 13.5. The molecule has 190 valence electrons. The van der Waals surface area contributed by atoms with Crippen LogP contribution in [-0.2, 0) is 26.2 Å². The van der Waals surface area contributed by atoms with E-state index in [0.717, 1.165) is 16.1 Å². The van der Waals surface area contributed by atoms with Crippen LogP contribution in [0, 0.1) is 0 Å². The standard InChI is InChI=1S/C24H30ClN3O6S/c1-16(23(30)26-24(2,3)4)27(13-17-6-8-18(25)9-7-17)22(29)14-28(35(5,31)32)19-10-11-20-21(12-19)34-15-33-20/h6-12,16H,13-15H2,1-5H3,(H,26,30). The molecule has 3 rings (SSSR count). The lowest BCUT2D eigenvalue weighted by Crippen LogP contribution is -2.54. The van der Waals surface area contributed by atoms with Gasteiger partial charge >= 0.3 is 0 Å². The number of benzene rings is 2. The number of ether oxygens (including phenoxy) is 2. The van der Waals surface area contributed by atoms with Crippen LogP contribution in [0.5, 0.6) is 11.5 Å². The van der Waals surface area contributed by atoms with E-state index in [-0.39, 0.29) is 24.9 Å². The van der Waals surface area contributed by atoms with Crippen LogP contribution in [0.2, 0.25) is 5.02 Å². The van der Waals surface area contributed by atoms with Gasteiger partial charge in [0.25, 0.3) is 0 Å². The summed E-state index contributed by atoms with van der Waals surface area (Å²) in [5, 5.41) is 3.41. The number of carbonyl (C=O) groups is 2. The van der Waals surface area contributed by atoms with Gasteiger partial charge in [0.05, 0.1) is 11.9 Å². The molecule has 0 radical (unpaired) electrons. The zero-order chi connectivity index (χ0) is 26.0. The summed E-state index contributed by atoms with van der Waals surface area (Å²) in [6, 6.07) is 10.7. The maximum Gasteiger partial charge on any atom is 0.244 e. The molecule has 0 aromatic heterocycles. The van der Waals surface area contributed by atoms with Crippen molar-refractivity contribution in [3.8, 4) is 11.5 Å². The van der Waals surface area contributed by atoms with E-state index in [1.807, 2.05) is 20.8 Å². The molecule has 2 amide bonds. The van der Waals surface area contributed by atoms with Crippen molar-refractivity contribution in [2.24, 2.45) is 0 Å². The second-order valence-corrected chi connectivity index (χ2v) is 11.7. The van der Waals surface area contributed by atoms with Crippen molar-refractivity contribution in [3.63, 3.8) is 0 Å². The minimum atomic E-state index is -3.85. The third-order valence-electron chi connectivity index (χ3n) is 5.26. The first-order chi connectivity index (χ1) is 16.2. The van der Waals surface area contributed by atoms with Gasteiger partial charge in [-0.15, -0.1) is 0 Å². The Labute approximate surface area is 211 Å². The van der Waals surface area contributed by atoms with Gasteiger partial charge in [-0.25, -0.2) is 8.42 Å². The first-order valence-electron chi connectivity index (χ1n) is 11.0. The van der Waals surface area contributed by atoms with Crippen LogP contribution in [0.25, 0.3) is 0 Å². The van der Waals surface area contributed by atoms with E-state index in [9.17, 15) is 18.0 Å². The summed E-state index contributed by atoms with van der Waals surface area (Å²) in [6.45, 7) is 6.76. The third-order valence-corrected chi connectivity index (χ3v) is 6.65. The highest BCUT2D eigenvalue weighted by Gasteiger charge is 2.32. The molecule has 35 heavy (non-hydrogen) atoms. The van der Waals surface area contributed by atoms with Crippen molar-refractivity contribution in [3.05, 3.63) is 53.1 Å². The molecule has 0 aliphatic carbocycles. The van der Waals surface area contributed by atoms with Crippen LogP contribution in [0.4, 0.5) is 5.69 Å². The lowest BCUT2D eigenvalue weighted by Gasteiger charge is -2.33. The summed E-state index contributed by atoms with van der Waals surface area (Å²) in [7, 11) is -3.85. The van der Waals surface area contributed by atoms with Gasteiger partial charge < -0.3 is 19.7 Å². The van der Waals surface area contributed by atoms with Gasteiger partial charge in [-0.05, 0) is 57.5 Å². The van der Waals surface area contributed by atoms with Gasteiger partial charge in [-0.1, -0.05) is 23.7 Å². The van der Waals surface area contributed by atoms with E-state index in [1.165, 1.54) is 11.0 Å². The van der Waals surface area contributed by atoms with Gasteiger partial charge in [-0.2, -0.15) is 0 Å². The largest absolute Gasteiger partial charge is 0.454 e. The van der Waals surface area contributed by atoms with Gasteiger partial charge in [0.1, 0.15) is 12.6 Å². The van der Waals surface area contributed by atoms with Crippen LogP contribution in [0.3, 0.4) is 0 Å². The van der Waals surface area contributed by atoms with Gasteiger partial charge in [-0.3, -0.25) is 13.9 Å². The van der Waals surface area contributed by atoms with E-state index in [2.05, 4.69) is 5.32 Å². The molecule has 9 nitrogen and oxygen atoms in total. The molecule has 0 fully saturated rings. The second kappa shape index (κ2) is 10.3. The number of hydrogen-bond donors (Lipinski definition) is 1. The molecule has 1 heterocycles. The molecule has 1 unspecified atom stereocenters. The smallest absolute Gasteiger partial charge is 0.244 e. The number of halogens is 1. The van der Waals surface area contributed by atoms with Crippen molar-refractivity contribution in [2.45, 2.75) is 45.8 Å². The fourth-order valence-electron chi connectivity index (χ4n) is 3.50. The van der Waals surface area contributed by atoms with E-state index in [0.29, 0.717) is 16.5 Å². The minimum absolute atomic E-state index is 0.0336. The van der Waals surface area contributed by atoms with Gasteiger partial charge in [0, 0.05) is 23.2 Å². The predicted octanol–water partition coefficient (Wildman–Crippen LogP) is 3.17. The van der Waals surface area contributed by atoms with Gasteiger partial charge in [0.2, 0.25) is 28.6 Å². The topological polar surface area (TPSA) is 105 Å². The number of rotatable bonds is 8. The summed E-state index contributed by atoms with van der Waals surface area (Å²) >= 11 is 5.99. The number of carbonyl (C=O) groups excluding carboxylic acids is 2. The fraction of sp³-hybridized carbons (Fsp3) is 0.417. The Balaban J connectivity index is 1.91. The highest BCUT2D eigenvalue weighted by molar-refractivity contribution is 7.92. The molecule has 2 aromatic rings. The lowest BCUT2D eigenvalue weighted by atomic mass is 10.1. The summed E-state index contributed by atoms with van der Waals surface area (Å²) in [5.74, 6) is -0.0155. The Morgan fingerprint density at radius 3 is 2.31 bits per heavy atom. The Bertz CT molecular complexity index is 1190. The van der Waals surface area contributed by atoms with Crippen molar-refractivity contribution >= 4 is 39.1 Å². The highest BCUT2D eigenvalue weighted by Crippen LogP contribution is 2.36. The second-order valence-electron chi connectivity index (χ2n) is 9.37. The van der Waals surface area contributed by atoms with E-state index < -0.39 is 34.1 Å². The van der Waals surface area contributed by atoms with E-state index in [4.69, 9.17) is 21.1 Å². The molecule has 1 aliphatic heterocycles. The zero-order valence-corrected chi connectivity index (χ0v) is 21.9. The molecule has 1 aliphatic rings. The van der Waals surface area contributed by atoms with Crippen molar-refractivity contribution in [2.75, 3.05) is 23.9 Å². The Kier molecular flexibility index (Phi) is 7.86. The van der Waals surface area contributed by atoms with E-state index >= 15 is 0 Å². The predicted molar refractivity (Wildman–Crippen MR) is 134 cm³/mol. The average Bonchev–Trinajstić information content (AvgIpc) is 3.22. The summed E-state index contributed by atoms with van der Waals surface area (Å²) in [6.07, 6.45) is 1.02. The SMILES string of the molecule is CC(C(=O)NC(C)(C)C)N(Cc1ccc(Cl)cc1)C(=O)CN(c1ccc2c(c1)OCO2)S(C)(=O)=O. The van der Waals surface area contributed by atoms with Crippen LogP contribution in [0.1, 0.15) is 33.3 Å². The van der Waals surface area contributed by atoms with Crippen molar-refractivity contribution in [1.82, 2.24) is 10.2 Å². The lowest BCUT2D eigenvalue weighted by molar-refractivity contribution is -0.140. The summed E-state index contributed by atoms with van der Waals surface area (Å²) < 4.78 is 37.0. The monoisotopic (exact) mass is 523 g/mol. The molecular formula is C24H30ClN3O6S. The van der Waals surface area contributed by atoms with E-state index in [1.54, 1.807) is 43.3 Å². The number of hydrogen-bond acceptors (Lipinski definition) is 6. The molecule has 0 saturated carbocycles. The first-order valence-corrected chi connectivity index (χ1v) is 13.2. The Hall–Kier alpha value is -2.98. The highest BCUT2D eigenvalue weighted by atomic mass is 35.5. The molecule has 1 atom stereocenters. The quantitative estimate of drug-likeness (QED) is 0.570. The molecular weight excluding hydrogens is 494 g/mol. The minimum Gasteiger partial charge on any atom is -0.454 e. The number of nitrogens with zero attached hydrogens (tertiary/aromatic N) is 2. The van der Waals surface area contributed by atoms with Crippen LogP contribution in [0.15, 0.2) is 42.5 Å². The maximum atomic E-state index is 13.5. The third kappa shape index (κ3) is 7.02. The number of nitrogens with one attached hydrogen (secondary N) is 1. The van der Waals surface area contributed by atoms with Gasteiger partial charge in [0.15, 0.2) is 11.5 Å². The normalized spacial score (nSPS) is 13.8. The number of anilines is 1.